The van der Waals surface area contributed by atoms with Crippen LogP contribution in [0.3, 0.4) is 0 Å². The molecule has 0 radical (unpaired) electrons. The number of fused-ring (bicyclic) bond motifs is 1. The van der Waals surface area contributed by atoms with Gasteiger partial charge in [-0.15, -0.1) is 23.1 Å². The third kappa shape index (κ3) is 5.54. The zero-order valence-electron chi connectivity index (χ0n) is 17.4. The number of benzene rings is 1. The number of thioether (sulfide) groups is 1. The van der Waals surface area contributed by atoms with Gasteiger partial charge in [-0.2, -0.15) is 0 Å². The predicted molar refractivity (Wildman–Crippen MR) is 127 cm³/mol. The molecule has 1 aliphatic rings. The number of amides is 1. The van der Waals surface area contributed by atoms with Crippen LogP contribution in [0.2, 0.25) is 0 Å². The van der Waals surface area contributed by atoms with E-state index in [0.717, 1.165) is 48.8 Å². The zero-order chi connectivity index (χ0) is 21.6. The van der Waals surface area contributed by atoms with Crippen molar-refractivity contribution in [3.63, 3.8) is 0 Å². The van der Waals surface area contributed by atoms with E-state index in [1.165, 1.54) is 23.1 Å². The van der Waals surface area contributed by atoms with E-state index in [1.54, 1.807) is 0 Å². The van der Waals surface area contributed by atoms with Gasteiger partial charge in [-0.1, -0.05) is 30.3 Å². The first-order valence-electron chi connectivity index (χ1n) is 10.4. The van der Waals surface area contributed by atoms with Crippen LogP contribution < -0.4 is 10.9 Å². The highest BCUT2D eigenvalue weighted by atomic mass is 32.2. The molecule has 1 amide bonds. The summed E-state index contributed by atoms with van der Waals surface area (Å²) in [6, 6.07) is 9.85. The van der Waals surface area contributed by atoms with Crippen LogP contribution in [0.5, 0.6) is 0 Å². The second-order valence-electron chi connectivity index (χ2n) is 7.41. The van der Waals surface area contributed by atoms with Crippen molar-refractivity contribution in [2.45, 2.75) is 17.9 Å². The Morgan fingerprint density at radius 1 is 1.32 bits per heavy atom. The molecule has 2 aromatic heterocycles. The van der Waals surface area contributed by atoms with Crippen LogP contribution in [0.4, 0.5) is 0 Å². The number of carbonyl (C=O) groups excluding carboxylic acids is 1. The van der Waals surface area contributed by atoms with Gasteiger partial charge in [0.05, 0.1) is 29.6 Å². The van der Waals surface area contributed by atoms with E-state index in [4.69, 9.17) is 4.74 Å². The summed E-state index contributed by atoms with van der Waals surface area (Å²) < 4.78 is 5.34. The van der Waals surface area contributed by atoms with Crippen molar-refractivity contribution in [2.75, 3.05) is 39.4 Å². The predicted octanol–water partition coefficient (Wildman–Crippen LogP) is 2.72. The molecular weight excluding hydrogens is 432 g/mol. The van der Waals surface area contributed by atoms with Gasteiger partial charge < -0.3 is 15.0 Å². The highest BCUT2D eigenvalue weighted by Gasteiger charge is 2.17. The highest BCUT2D eigenvalue weighted by molar-refractivity contribution is 7.99. The van der Waals surface area contributed by atoms with Gasteiger partial charge in [0.25, 0.3) is 5.56 Å². The fourth-order valence-electron chi connectivity index (χ4n) is 3.48. The van der Waals surface area contributed by atoms with Gasteiger partial charge in [-0.05, 0) is 12.5 Å². The van der Waals surface area contributed by atoms with Gasteiger partial charge in [-0.3, -0.25) is 14.5 Å². The van der Waals surface area contributed by atoms with E-state index in [2.05, 4.69) is 20.2 Å². The minimum absolute atomic E-state index is 0.00386. The molecule has 0 spiro atoms. The van der Waals surface area contributed by atoms with Crippen molar-refractivity contribution in [2.24, 2.45) is 0 Å². The Morgan fingerprint density at radius 2 is 2.10 bits per heavy atom. The minimum Gasteiger partial charge on any atom is -0.379 e. The molecular formula is C22H26N4O3S2. The molecule has 0 saturated carbocycles. The largest absolute Gasteiger partial charge is 0.379 e. The second kappa shape index (κ2) is 10.4. The molecule has 1 atom stereocenters. The van der Waals surface area contributed by atoms with Crippen molar-refractivity contribution in [1.29, 1.82) is 0 Å². The quantitative estimate of drug-likeness (QED) is 0.540. The number of H-pyrrole nitrogens is 1. The Bertz CT molecular complexity index is 1080. The van der Waals surface area contributed by atoms with Gasteiger partial charge in [0, 0.05) is 37.1 Å². The molecule has 2 N–H and O–H groups in total. The molecule has 9 heteroatoms. The van der Waals surface area contributed by atoms with E-state index in [1.807, 2.05) is 42.6 Å². The van der Waals surface area contributed by atoms with Gasteiger partial charge in [-0.25, -0.2) is 4.98 Å². The van der Waals surface area contributed by atoms with E-state index < -0.39 is 0 Å². The maximum absolute atomic E-state index is 12.7. The van der Waals surface area contributed by atoms with Crippen LogP contribution in [0, 0.1) is 0 Å². The Hall–Kier alpha value is -2.20. The number of carbonyl (C=O) groups is 1. The number of nitrogens with one attached hydrogen (secondary N) is 2. The first-order chi connectivity index (χ1) is 15.1. The van der Waals surface area contributed by atoms with Crippen LogP contribution in [-0.4, -0.2) is 65.4 Å². The summed E-state index contributed by atoms with van der Waals surface area (Å²) in [6.07, 6.45) is 0. The lowest BCUT2D eigenvalue weighted by atomic mass is 10.1. The molecule has 1 aliphatic heterocycles. The number of rotatable bonds is 8. The molecule has 164 valence electrons. The summed E-state index contributed by atoms with van der Waals surface area (Å²) in [6.45, 7) is 6.68. The molecule has 0 unspecified atom stereocenters. The van der Waals surface area contributed by atoms with Crippen LogP contribution in [-0.2, 0) is 15.3 Å². The number of ether oxygens (including phenoxy) is 1. The fourth-order valence-corrected chi connectivity index (χ4v) is 5.22. The molecule has 4 rings (SSSR count). The second-order valence-corrected chi connectivity index (χ2v) is 9.59. The van der Waals surface area contributed by atoms with E-state index in [9.17, 15) is 9.59 Å². The van der Waals surface area contributed by atoms with Crippen molar-refractivity contribution in [3.8, 4) is 11.1 Å². The lowest BCUT2D eigenvalue weighted by Crippen LogP contribution is -2.42. The molecule has 31 heavy (non-hydrogen) atoms. The van der Waals surface area contributed by atoms with Crippen molar-refractivity contribution in [1.82, 2.24) is 20.2 Å². The van der Waals surface area contributed by atoms with Crippen LogP contribution in [0.1, 0.15) is 12.7 Å². The molecule has 7 nitrogen and oxygen atoms in total. The van der Waals surface area contributed by atoms with Gasteiger partial charge in [0.15, 0.2) is 0 Å². The van der Waals surface area contributed by atoms with Gasteiger partial charge >= 0.3 is 0 Å². The highest BCUT2D eigenvalue weighted by Crippen LogP contribution is 2.30. The standard InChI is InChI=1S/C22H26N4O3S2/c1-15(20(27)23-7-8-26-9-11-29-12-10-26)30-14-18-24-21(28)19-17(13-31-22(19)25-18)16-5-3-2-4-6-16/h2-6,13,15H,7-12,14H2,1H3,(H,23,27)(H,24,25,28)/t15-/m1/s1. The molecule has 0 aliphatic carbocycles. The van der Waals surface area contributed by atoms with Crippen molar-refractivity contribution < 1.29 is 9.53 Å². The van der Waals surface area contributed by atoms with Crippen LogP contribution in [0.25, 0.3) is 21.3 Å². The molecule has 1 aromatic carbocycles. The SMILES string of the molecule is C[C@@H](SCc1nc2scc(-c3ccccc3)c2c(=O)[nH]1)C(=O)NCCN1CCOCC1. The lowest BCUT2D eigenvalue weighted by molar-refractivity contribution is -0.120. The molecule has 1 fully saturated rings. The fraction of sp³-hybridized carbons (Fsp3) is 0.409. The Morgan fingerprint density at radius 3 is 2.87 bits per heavy atom. The topological polar surface area (TPSA) is 87.3 Å². The summed E-state index contributed by atoms with van der Waals surface area (Å²) in [7, 11) is 0. The first-order valence-corrected chi connectivity index (χ1v) is 12.3. The summed E-state index contributed by atoms with van der Waals surface area (Å²) in [5.74, 6) is 1.07. The third-order valence-electron chi connectivity index (χ3n) is 5.25. The smallest absolute Gasteiger partial charge is 0.260 e. The monoisotopic (exact) mass is 458 g/mol. The lowest BCUT2D eigenvalue weighted by Gasteiger charge is -2.26. The zero-order valence-corrected chi connectivity index (χ0v) is 19.1. The Kier molecular flexibility index (Phi) is 7.39. The molecule has 3 heterocycles. The van der Waals surface area contributed by atoms with Gasteiger partial charge in [0.2, 0.25) is 5.91 Å². The van der Waals surface area contributed by atoms with Crippen LogP contribution in [0.15, 0.2) is 40.5 Å². The number of aromatic amines is 1. The minimum atomic E-state index is -0.228. The van der Waals surface area contributed by atoms with Gasteiger partial charge in [0.1, 0.15) is 10.7 Å². The van der Waals surface area contributed by atoms with E-state index in [-0.39, 0.29) is 16.7 Å². The Balaban J connectivity index is 1.33. The first kappa shape index (κ1) is 22.0. The summed E-state index contributed by atoms with van der Waals surface area (Å²) in [5.41, 5.74) is 1.77. The maximum atomic E-state index is 12.7. The number of nitrogens with zero attached hydrogens (tertiary/aromatic N) is 2. The van der Waals surface area contributed by atoms with Crippen molar-refractivity contribution >= 4 is 39.2 Å². The molecule has 0 bridgehead atoms. The summed E-state index contributed by atoms with van der Waals surface area (Å²) >= 11 is 2.94. The number of hydrogen-bond donors (Lipinski definition) is 2. The number of aromatic nitrogens is 2. The van der Waals surface area contributed by atoms with E-state index in [0.29, 0.717) is 23.5 Å². The Labute approximate surface area is 189 Å². The number of morpholine rings is 1. The molecule has 3 aromatic rings. The van der Waals surface area contributed by atoms with Crippen molar-refractivity contribution in [3.05, 3.63) is 51.9 Å². The summed E-state index contributed by atoms with van der Waals surface area (Å²) in [4.78, 5) is 35.6. The number of thiophene rings is 1. The third-order valence-corrected chi connectivity index (χ3v) is 7.27. The van der Waals surface area contributed by atoms with Crippen LogP contribution >= 0.6 is 23.1 Å². The van der Waals surface area contributed by atoms with E-state index >= 15 is 0 Å². The normalized spacial score (nSPS) is 15.8. The number of hydrogen-bond acceptors (Lipinski definition) is 7. The molecule has 1 saturated heterocycles. The average Bonchev–Trinajstić information content (AvgIpc) is 3.23. The summed E-state index contributed by atoms with van der Waals surface area (Å²) in [5, 5.41) is 5.37. The maximum Gasteiger partial charge on any atom is 0.260 e. The average molecular weight is 459 g/mol.